The number of carbonyl (C=O) groups is 1. The molecule has 1 aromatic carbocycles. The molecule has 2 aromatic rings. The Morgan fingerprint density at radius 1 is 1.41 bits per heavy atom. The summed E-state index contributed by atoms with van der Waals surface area (Å²) >= 11 is 0. The fourth-order valence-electron chi connectivity index (χ4n) is 1.93. The lowest BCUT2D eigenvalue weighted by atomic mass is 10.2. The van der Waals surface area contributed by atoms with Crippen LogP contribution in [0.15, 0.2) is 30.3 Å². The largest absolute Gasteiger partial charge is 0.497 e. The van der Waals surface area contributed by atoms with Crippen LogP contribution in [0.5, 0.6) is 5.75 Å². The Kier molecular flexibility index (Phi) is 4.72. The Morgan fingerprint density at radius 2 is 2.09 bits per heavy atom. The number of nitrogens with zero attached hydrogens (tertiary/aromatic N) is 3. The number of nitrogens with one attached hydrogen (secondary N) is 1. The van der Waals surface area contributed by atoms with E-state index < -0.39 is 4.92 Å². The number of aromatic nitrogens is 2. The molecule has 8 nitrogen and oxygen atoms in total. The molecule has 8 heteroatoms. The predicted octanol–water partition coefficient (Wildman–Crippen LogP) is 1.54. The maximum atomic E-state index is 11.9. The first-order chi connectivity index (χ1) is 10.5. The van der Waals surface area contributed by atoms with Crippen LogP contribution in [0, 0.1) is 17.0 Å². The van der Waals surface area contributed by atoms with Gasteiger partial charge in [0.15, 0.2) is 0 Å². The van der Waals surface area contributed by atoms with Gasteiger partial charge in [-0.3, -0.25) is 4.79 Å². The number of hydrogen-bond acceptors (Lipinski definition) is 5. The van der Waals surface area contributed by atoms with Gasteiger partial charge >= 0.3 is 5.82 Å². The molecule has 0 aliphatic rings. The van der Waals surface area contributed by atoms with Gasteiger partial charge in [0.25, 0.3) is 5.91 Å². The average Bonchev–Trinajstić information content (AvgIpc) is 2.89. The molecule has 0 aliphatic carbocycles. The maximum absolute atomic E-state index is 11.9. The van der Waals surface area contributed by atoms with E-state index in [0.29, 0.717) is 30.1 Å². The lowest BCUT2D eigenvalue weighted by Gasteiger charge is -2.05. The SMILES string of the molecule is COc1ccc(C(=O)NCCn2nc([N+](=O)[O-])cc2C)cc1. The molecule has 0 bridgehead atoms. The van der Waals surface area contributed by atoms with Crippen molar-refractivity contribution in [2.24, 2.45) is 0 Å². The van der Waals surface area contributed by atoms with Gasteiger partial charge < -0.3 is 20.2 Å². The highest BCUT2D eigenvalue weighted by atomic mass is 16.6. The van der Waals surface area contributed by atoms with Crippen molar-refractivity contribution in [3.63, 3.8) is 0 Å². The minimum Gasteiger partial charge on any atom is -0.497 e. The van der Waals surface area contributed by atoms with Gasteiger partial charge in [0.05, 0.1) is 30.5 Å². The summed E-state index contributed by atoms with van der Waals surface area (Å²) in [5, 5.41) is 17.2. The van der Waals surface area contributed by atoms with E-state index in [-0.39, 0.29) is 11.7 Å². The summed E-state index contributed by atoms with van der Waals surface area (Å²) in [7, 11) is 1.56. The van der Waals surface area contributed by atoms with Crippen molar-refractivity contribution in [3.8, 4) is 5.75 Å². The molecule has 1 aromatic heterocycles. The number of hydrogen-bond donors (Lipinski definition) is 1. The van der Waals surface area contributed by atoms with Gasteiger partial charge in [-0.25, -0.2) is 0 Å². The van der Waals surface area contributed by atoms with Crippen molar-refractivity contribution in [2.75, 3.05) is 13.7 Å². The number of benzene rings is 1. The molecular formula is C14H16N4O4. The van der Waals surface area contributed by atoms with Crippen LogP contribution in [0.4, 0.5) is 5.82 Å². The summed E-state index contributed by atoms with van der Waals surface area (Å²) in [4.78, 5) is 22.0. The summed E-state index contributed by atoms with van der Waals surface area (Å²) < 4.78 is 6.52. The van der Waals surface area contributed by atoms with E-state index in [1.165, 1.54) is 10.7 Å². The highest BCUT2D eigenvalue weighted by Gasteiger charge is 2.15. The molecule has 2 rings (SSSR count). The van der Waals surface area contributed by atoms with E-state index in [1.54, 1.807) is 38.3 Å². The van der Waals surface area contributed by atoms with Crippen LogP contribution in [-0.4, -0.2) is 34.3 Å². The highest BCUT2D eigenvalue weighted by Crippen LogP contribution is 2.12. The number of nitro groups is 1. The molecule has 0 fully saturated rings. The van der Waals surface area contributed by atoms with Gasteiger partial charge in [-0.05, 0) is 36.1 Å². The zero-order valence-corrected chi connectivity index (χ0v) is 12.3. The fourth-order valence-corrected chi connectivity index (χ4v) is 1.93. The van der Waals surface area contributed by atoms with E-state index in [9.17, 15) is 14.9 Å². The lowest BCUT2D eigenvalue weighted by Crippen LogP contribution is -2.27. The van der Waals surface area contributed by atoms with Gasteiger partial charge in [0.1, 0.15) is 5.75 Å². The first-order valence-electron chi connectivity index (χ1n) is 6.62. The van der Waals surface area contributed by atoms with Crippen LogP contribution in [0.2, 0.25) is 0 Å². The first kappa shape index (κ1) is 15.5. The van der Waals surface area contributed by atoms with Crippen molar-refractivity contribution in [1.82, 2.24) is 15.1 Å². The van der Waals surface area contributed by atoms with Crippen LogP contribution >= 0.6 is 0 Å². The number of amides is 1. The summed E-state index contributed by atoms with van der Waals surface area (Å²) in [5.74, 6) is 0.261. The molecule has 1 amide bonds. The number of methoxy groups -OCH3 is 1. The normalized spacial score (nSPS) is 10.3. The van der Waals surface area contributed by atoms with E-state index in [2.05, 4.69) is 10.4 Å². The number of ether oxygens (including phenoxy) is 1. The molecular weight excluding hydrogens is 288 g/mol. The number of aryl methyl sites for hydroxylation is 1. The van der Waals surface area contributed by atoms with Gasteiger partial charge in [0.2, 0.25) is 0 Å². The Bertz CT molecular complexity index is 679. The van der Waals surface area contributed by atoms with Gasteiger partial charge in [0, 0.05) is 12.1 Å². The molecule has 0 saturated carbocycles. The molecule has 0 aliphatic heterocycles. The van der Waals surface area contributed by atoms with Crippen LogP contribution in [0.3, 0.4) is 0 Å². The summed E-state index contributed by atoms with van der Waals surface area (Å²) in [6, 6.07) is 8.13. The first-order valence-corrected chi connectivity index (χ1v) is 6.62. The molecule has 1 heterocycles. The predicted molar refractivity (Wildman–Crippen MR) is 78.9 cm³/mol. The molecule has 1 N–H and O–H groups in total. The molecule has 0 saturated heterocycles. The monoisotopic (exact) mass is 304 g/mol. The van der Waals surface area contributed by atoms with Gasteiger partial charge in [-0.2, -0.15) is 4.68 Å². The standard InChI is InChI=1S/C14H16N4O4/c1-10-9-13(18(20)21)16-17(10)8-7-15-14(19)11-3-5-12(22-2)6-4-11/h3-6,9H,7-8H2,1-2H3,(H,15,19). The second-order valence-electron chi connectivity index (χ2n) is 4.61. The Balaban J connectivity index is 1.90. The van der Waals surface area contributed by atoms with E-state index >= 15 is 0 Å². The zero-order valence-electron chi connectivity index (χ0n) is 12.3. The van der Waals surface area contributed by atoms with Crippen LogP contribution in [0.1, 0.15) is 16.1 Å². The number of rotatable bonds is 6. The minimum absolute atomic E-state index is 0.195. The second-order valence-corrected chi connectivity index (χ2v) is 4.61. The van der Waals surface area contributed by atoms with Crippen molar-refractivity contribution >= 4 is 11.7 Å². The Hall–Kier alpha value is -2.90. The Morgan fingerprint density at radius 3 is 2.64 bits per heavy atom. The molecule has 22 heavy (non-hydrogen) atoms. The van der Waals surface area contributed by atoms with Crippen LogP contribution < -0.4 is 10.1 Å². The lowest BCUT2D eigenvalue weighted by molar-refractivity contribution is -0.389. The van der Waals surface area contributed by atoms with E-state index in [1.807, 2.05) is 0 Å². The number of carbonyl (C=O) groups excluding carboxylic acids is 1. The summed E-state index contributed by atoms with van der Waals surface area (Å²) in [6.45, 7) is 2.41. The minimum atomic E-state index is -0.542. The maximum Gasteiger partial charge on any atom is 0.390 e. The smallest absolute Gasteiger partial charge is 0.390 e. The third kappa shape index (κ3) is 3.60. The highest BCUT2D eigenvalue weighted by molar-refractivity contribution is 5.94. The van der Waals surface area contributed by atoms with E-state index in [0.717, 1.165) is 0 Å². The van der Waals surface area contributed by atoms with Crippen molar-refractivity contribution in [3.05, 3.63) is 51.7 Å². The van der Waals surface area contributed by atoms with Crippen molar-refractivity contribution in [1.29, 1.82) is 0 Å². The fraction of sp³-hybridized carbons (Fsp3) is 0.286. The topological polar surface area (TPSA) is 99.3 Å². The molecule has 0 spiro atoms. The van der Waals surface area contributed by atoms with Gasteiger partial charge in [-0.15, -0.1) is 0 Å². The quantitative estimate of drug-likeness (QED) is 0.644. The van der Waals surface area contributed by atoms with E-state index in [4.69, 9.17) is 4.74 Å². The molecule has 0 unspecified atom stereocenters. The third-order valence-electron chi connectivity index (χ3n) is 3.12. The van der Waals surface area contributed by atoms with Gasteiger partial charge in [-0.1, -0.05) is 0 Å². The zero-order chi connectivity index (χ0) is 16.1. The second kappa shape index (κ2) is 6.70. The molecule has 116 valence electrons. The average molecular weight is 304 g/mol. The summed E-state index contributed by atoms with van der Waals surface area (Å²) in [6.07, 6.45) is 0. The van der Waals surface area contributed by atoms with Crippen LogP contribution in [0.25, 0.3) is 0 Å². The summed E-state index contributed by atoms with van der Waals surface area (Å²) in [5.41, 5.74) is 1.19. The van der Waals surface area contributed by atoms with Crippen molar-refractivity contribution in [2.45, 2.75) is 13.5 Å². The third-order valence-corrected chi connectivity index (χ3v) is 3.12. The van der Waals surface area contributed by atoms with Crippen molar-refractivity contribution < 1.29 is 14.5 Å². The van der Waals surface area contributed by atoms with Crippen LogP contribution in [-0.2, 0) is 6.54 Å². The molecule has 0 atom stereocenters. The molecule has 0 radical (unpaired) electrons. The Labute approximate surface area is 126 Å².